The van der Waals surface area contributed by atoms with Crippen LogP contribution in [0.3, 0.4) is 0 Å². The number of aromatic nitrogens is 2. The second kappa shape index (κ2) is 7.01. The number of anilines is 1. The summed E-state index contributed by atoms with van der Waals surface area (Å²) in [6, 6.07) is 12.4. The van der Waals surface area contributed by atoms with Crippen molar-refractivity contribution >= 4 is 45.3 Å². The topological polar surface area (TPSA) is 89.2 Å². The summed E-state index contributed by atoms with van der Waals surface area (Å²) in [6.07, 6.45) is 0. The molecule has 2 N–H and O–H groups in total. The van der Waals surface area contributed by atoms with E-state index in [-0.39, 0.29) is 17.3 Å². The van der Waals surface area contributed by atoms with Crippen molar-refractivity contribution in [3.63, 3.8) is 0 Å². The fourth-order valence-corrected chi connectivity index (χ4v) is 3.36. The van der Waals surface area contributed by atoms with E-state index in [1.807, 2.05) is 13.0 Å². The first-order chi connectivity index (χ1) is 13.5. The fraction of sp³-hybridized carbons (Fsp3) is 0.150. The molecule has 0 fully saturated rings. The first-order valence-electron chi connectivity index (χ1n) is 8.74. The van der Waals surface area contributed by atoms with E-state index in [4.69, 9.17) is 16.0 Å². The molecule has 2 aromatic heterocycles. The number of carbonyl (C=O) groups is 1. The van der Waals surface area contributed by atoms with Gasteiger partial charge in [-0.25, -0.2) is 4.98 Å². The average molecular weight is 397 g/mol. The van der Waals surface area contributed by atoms with Crippen LogP contribution in [0.5, 0.6) is 0 Å². The minimum atomic E-state index is -0.491. The van der Waals surface area contributed by atoms with Gasteiger partial charge in [0.2, 0.25) is 5.95 Å². The maximum absolute atomic E-state index is 12.6. The lowest BCUT2D eigenvalue weighted by Gasteiger charge is -2.13. The number of carbonyl (C=O) groups excluding carboxylic acids is 1. The summed E-state index contributed by atoms with van der Waals surface area (Å²) in [5.41, 5.74) is 6.79. The van der Waals surface area contributed by atoms with Crippen molar-refractivity contribution in [2.24, 2.45) is 0 Å². The van der Waals surface area contributed by atoms with Crippen molar-refractivity contribution in [1.82, 2.24) is 15.0 Å². The SMILES string of the molecule is CCn1c(NNC(=O)c2oc3c(Cl)cccc3c2C)nc2ccccc2c1=O. The Morgan fingerprint density at radius 2 is 1.93 bits per heavy atom. The second-order valence-corrected chi connectivity index (χ2v) is 6.66. The molecule has 142 valence electrons. The third-order valence-electron chi connectivity index (χ3n) is 4.59. The number of hydrazine groups is 1. The molecule has 0 saturated carbocycles. The van der Waals surface area contributed by atoms with E-state index in [9.17, 15) is 9.59 Å². The lowest BCUT2D eigenvalue weighted by Crippen LogP contribution is -2.34. The minimum absolute atomic E-state index is 0.141. The van der Waals surface area contributed by atoms with E-state index in [1.54, 1.807) is 43.3 Å². The van der Waals surface area contributed by atoms with Gasteiger partial charge in [0.15, 0.2) is 11.3 Å². The lowest BCUT2D eigenvalue weighted by molar-refractivity contribution is 0.0936. The van der Waals surface area contributed by atoms with Crippen LogP contribution in [0.2, 0.25) is 5.02 Å². The van der Waals surface area contributed by atoms with Gasteiger partial charge in [-0.15, -0.1) is 0 Å². The Hall–Kier alpha value is -3.32. The highest BCUT2D eigenvalue weighted by Crippen LogP contribution is 2.30. The molecule has 7 nitrogen and oxygen atoms in total. The zero-order valence-electron chi connectivity index (χ0n) is 15.2. The average Bonchev–Trinajstić information content (AvgIpc) is 3.04. The van der Waals surface area contributed by atoms with Crippen molar-refractivity contribution in [2.45, 2.75) is 20.4 Å². The molecule has 0 aliphatic heterocycles. The normalized spacial score (nSPS) is 11.1. The fourth-order valence-electron chi connectivity index (χ4n) is 3.15. The van der Waals surface area contributed by atoms with Crippen LogP contribution < -0.4 is 16.4 Å². The molecule has 28 heavy (non-hydrogen) atoms. The van der Waals surface area contributed by atoms with Gasteiger partial charge in [0.25, 0.3) is 5.56 Å². The largest absolute Gasteiger partial charge is 0.449 e. The molecule has 1 amide bonds. The van der Waals surface area contributed by atoms with E-state index in [2.05, 4.69) is 15.8 Å². The van der Waals surface area contributed by atoms with E-state index < -0.39 is 5.91 Å². The number of halogens is 1. The monoisotopic (exact) mass is 396 g/mol. The maximum atomic E-state index is 12.6. The Labute approximate surface area is 164 Å². The number of para-hydroxylation sites is 2. The van der Waals surface area contributed by atoms with E-state index in [0.29, 0.717) is 33.6 Å². The van der Waals surface area contributed by atoms with Crippen molar-refractivity contribution in [1.29, 1.82) is 0 Å². The number of furan rings is 1. The molecule has 0 aliphatic rings. The Kier molecular flexibility index (Phi) is 4.52. The number of aryl methyl sites for hydroxylation is 1. The third kappa shape index (κ3) is 2.90. The number of fused-ring (bicyclic) bond motifs is 2. The zero-order valence-corrected chi connectivity index (χ0v) is 16.0. The number of rotatable bonds is 4. The first-order valence-corrected chi connectivity index (χ1v) is 9.12. The highest BCUT2D eigenvalue weighted by atomic mass is 35.5. The van der Waals surface area contributed by atoms with Gasteiger partial charge in [0.1, 0.15) is 0 Å². The number of nitrogens with zero attached hydrogens (tertiary/aromatic N) is 2. The number of hydrogen-bond donors (Lipinski definition) is 2. The predicted octanol–water partition coefficient (Wildman–Crippen LogP) is 3.88. The van der Waals surface area contributed by atoms with Gasteiger partial charge in [-0.1, -0.05) is 35.9 Å². The van der Waals surface area contributed by atoms with Gasteiger partial charge in [0, 0.05) is 17.5 Å². The number of nitrogens with one attached hydrogen (secondary N) is 2. The number of benzene rings is 2. The van der Waals surface area contributed by atoms with Crippen LogP contribution in [-0.2, 0) is 6.54 Å². The van der Waals surface area contributed by atoms with Gasteiger partial charge >= 0.3 is 5.91 Å². The summed E-state index contributed by atoms with van der Waals surface area (Å²) in [5, 5.41) is 1.72. The number of amides is 1. The highest BCUT2D eigenvalue weighted by molar-refractivity contribution is 6.35. The van der Waals surface area contributed by atoms with E-state index in [0.717, 1.165) is 5.39 Å². The van der Waals surface area contributed by atoms with Gasteiger partial charge in [-0.05, 0) is 32.0 Å². The van der Waals surface area contributed by atoms with E-state index in [1.165, 1.54) is 4.57 Å². The van der Waals surface area contributed by atoms with Gasteiger partial charge in [-0.3, -0.25) is 25.0 Å². The molecule has 0 unspecified atom stereocenters. The van der Waals surface area contributed by atoms with Crippen molar-refractivity contribution in [3.8, 4) is 0 Å². The van der Waals surface area contributed by atoms with Crippen LogP contribution in [0.1, 0.15) is 23.0 Å². The number of hydrogen-bond acceptors (Lipinski definition) is 5. The minimum Gasteiger partial charge on any atom is -0.449 e. The maximum Gasteiger partial charge on any atom is 0.305 e. The molecule has 0 bridgehead atoms. The summed E-state index contributed by atoms with van der Waals surface area (Å²) >= 11 is 6.14. The smallest absolute Gasteiger partial charge is 0.305 e. The Bertz CT molecular complexity index is 1280. The molecule has 0 spiro atoms. The Balaban J connectivity index is 1.66. The summed E-state index contributed by atoms with van der Waals surface area (Å²) in [7, 11) is 0. The standard InChI is InChI=1S/C20H17ClN4O3/c1-3-25-19(27)13-7-4-5-10-15(13)22-20(25)24-23-18(26)16-11(2)12-8-6-9-14(21)17(12)28-16/h4-10H,3H2,1-2H3,(H,22,24)(H,23,26). The van der Waals surface area contributed by atoms with Crippen LogP contribution in [0.25, 0.3) is 21.9 Å². The summed E-state index contributed by atoms with van der Waals surface area (Å²) in [4.78, 5) is 29.7. The molecule has 0 atom stereocenters. The molecule has 0 aliphatic carbocycles. The molecule has 4 rings (SSSR count). The van der Waals surface area contributed by atoms with Gasteiger partial charge < -0.3 is 4.42 Å². The summed E-state index contributed by atoms with van der Waals surface area (Å²) in [6.45, 7) is 4.01. The zero-order chi connectivity index (χ0) is 19.8. The quantitative estimate of drug-likeness (QED) is 0.511. The molecule has 0 radical (unpaired) electrons. The van der Waals surface area contributed by atoms with Gasteiger partial charge in [0.05, 0.1) is 15.9 Å². The molecular weight excluding hydrogens is 380 g/mol. The third-order valence-corrected chi connectivity index (χ3v) is 4.89. The molecule has 0 saturated heterocycles. The van der Waals surface area contributed by atoms with Crippen LogP contribution in [-0.4, -0.2) is 15.5 Å². The first kappa shape index (κ1) is 18.1. The lowest BCUT2D eigenvalue weighted by atomic mass is 10.1. The Morgan fingerprint density at radius 3 is 2.68 bits per heavy atom. The van der Waals surface area contributed by atoms with Crippen LogP contribution in [0.4, 0.5) is 5.95 Å². The summed E-state index contributed by atoms with van der Waals surface area (Å²) in [5.74, 6) is -0.108. The molecule has 2 aromatic carbocycles. The van der Waals surface area contributed by atoms with Gasteiger partial charge in [-0.2, -0.15) is 0 Å². The summed E-state index contributed by atoms with van der Waals surface area (Å²) < 4.78 is 7.11. The van der Waals surface area contributed by atoms with Crippen molar-refractivity contribution < 1.29 is 9.21 Å². The van der Waals surface area contributed by atoms with Crippen molar-refractivity contribution in [3.05, 3.63) is 69.2 Å². The van der Waals surface area contributed by atoms with E-state index >= 15 is 0 Å². The second-order valence-electron chi connectivity index (χ2n) is 6.25. The van der Waals surface area contributed by atoms with Crippen LogP contribution >= 0.6 is 11.6 Å². The van der Waals surface area contributed by atoms with Crippen LogP contribution in [0, 0.1) is 6.92 Å². The van der Waals surface area contributed by atoms with Crippen molar-refractivity contribution in [2.75, 3.05) is 5.43 Å². The molecule has 2 heterocycles. The molecule has 8 heteroatoms. The highest BCUT2D eigenvalue weighted by Gasteiger charge is 2.19. The molecule has 4 aromatic rings. The molecular formula is C20H17ClN4O3. The predicted molar refractivity (Wildman–Crippen MR) is 109 cm³/mol. The Morgan fingerprint density at radius 1 is 1.18 bits per heavy atom. The van der Waals surface area contributed by atoms with Crippen LogP contribution in [0.15, 0.2) is 51.7 Å².